The summed E-state index contributed by atoms with van der Waals surface area (Å²) in [6.45, 7) is 3.83. The summed E-state index contributed by atoms with van der Waals surface area (Å²) in [6.07, 6.45) is 4.85. The van der Waals surface area contributed by atoms with Crippen molar-refractivity contribution in [1.29, 1.82) is 0 Å². The molecule has 0 bridgehead atoms. The van der Waals surface area contributed by atoms with Gasteiger partial charge in [-0.1, -0.05) is 23.7 Å². The average molecular weight is 360 g/mol. The Bertz CT molecular complexity index is 734. The standard InChI is InChI=1S/C19H25FN4O2/c1-14(25)21-9-8-17-7-2-3-10-24(17)13-19-22-18(23-26-19)12-15-5-4-6-16(20)11-15/h4-6,11,17H,2-3,7-10,12-13H2,1H3,(H,21,25)/t17-/m1/s1. The SMILES string of the molecule is CC(=O)NCC[C@H]1CCCCN1Cc1nc(Cc2cccc(F)c2)no1. The van der Waals surface area contributed by atoms with Crippen LogP contribution in [0.1, 0.15) is 49.9 Å². The molecular weight excluding hydrogens is 335 g/mol. The average Bonchev–Trinajstić information content (AvgIpc) is 3.03. The van der Waals surface area contributed by atoms with E-state index in [4.69, 9.17) is 4.52 Å². The lowest BCUT2D eigenvalue weighted by Gasteiger charge is -2.34. The molecule has 1 aliphatic heterocycles. The van der Waals surface area contributed by atoms with Gasteiger partial charge in [-0.3, -0.25) is 9.69 Å². The van der Waals surface area contributed by atoms with Crippen LogP contribution >= 0.6 is 0 Å². The van der Waals surface area contributed by atoms with Gasteiger partial charge in [-0.25, -0.2) is 4.39 Å². The number of rotatable bonds is 7. The molecule has 0 spiro atoms. The van der Waals surface area contributed by atoms with Gasteiger partial charge in [0.05, 0.1) is 6.54 Å². The molecule has 1 amide bonds. The first-order valence-corrected chi connectivity index (χ1v) is 9.14. The summed E-state index contributed by atoms with van der Waals surface area (Å²) in [5, 5.41) is 6.89. The Morgan fingerprint density at radius 3 is 3.12 bits per heavy atom. The summed E-state index contributed by atoms with van der Waals surface area (Å²) < 4.78 is 18.7. The smallest absolute Gasteiger partial charge is 0.240 e. The van der Waals surface area contributed by atoms with Crippen molar-refractivity contribution in [2.45, 2.75) is 51.6 Å². The lowest BCUT2D eigenvalue weighted by Crippen LogP contribution is -2.41. The van der Waals surface area contributed by atoms with Crippen molar-refractivity contribution in [2.24, 2.45) is 0 Å². The first kappa shape index (κ1) is 18.5. The fourth-order valence-electron chi connectivity index (χ4n) is 3.44. The monoisotopic (exact) mass is 360 g/mol. The molecule has 1 N–H and O–H groups in total. The fourth-order valence-corrected chi connectivity index (χ4v) is 3.44. The summed E-state index contributed by atoms with van der Waals surface area (Å²) in [4.78, 5) is 17.9. The Hall–Kier alpha value is -2.28. The van der Waals surface area contributed by atoms with E-state index in [1.165, 1.54) is 25.5 Å². The highest BCUT2D eigenvalue weighted by Crippen LogP contribution is 2.21. The van der Waals surface area contributed by atoms with E-state index in [-0.39, 0.29) is 11.7 Å². The van der Waals surface area contributed by atoms with E-state index < -0.39 is 0 Å². The van der Waals surface area contributed by atoms with E-state index in [2.05, 4.69) is 20.4 Å². The molecule has 26 heavy (non-hydrogen) atoms. The van der Waals surface area contributed by atoms with Crippen LogP contribution in [0.25, 0.3) is 0 Å². The number of carbonyl (C=O) groups excluding carboxylic acids is 1. The van der Waals surface area contributed by atoms with E-state index in [9.17, 15) is 9.18 Å². The van der Waals surface area contributed by atoms with Gasteiger partial charge in [0.2, 0.25) is 11.8 Å². The first-order chi connectivity index (χ1) is 12.6. The lowest BCUT2D eigenvalue weighted by molar-refractivity contribution is -0.119. The molecule has 0 radical (unpaired) electrons. The molecule has 0 aliphatic carbocycles. The largest absolute Gasteiger partial charge is 0.356 e. The normalized spacial score (nSPS) is 18.0. The van der Waals surface area contributed by atoms with Crippen LogP contribution < -0.4 is 5.32 Å². The van der Waals surface area contributed by atoms with Crippen LogP contribution in [-0.2, 0) is 17.8 Å². The zero-order chi connectivity index (χ0) is 18.4. The van der Waals surface area contributed by atoms with Crippen molar-refractivity contribution in [3.63, 3.8) is 0 Å². The number of piperidine rings is 1. The number of benzene rings is 1. The zero-order valence-electron chi connectivity index (χ0n) is 15.1. The van der Waals surface area contributed by atoms with E-state index in [1.807, 2.05) is 6.07 Å². The second kappa shape index (κ2) is 8.89. The number of nitrogens with one attached hydrogen (secondary N) is 1. The Labute approximate surface area is 152 Å². The minimum atomic E-state index is -0.262. The topological polar surface area (TPSA) is 71.3 Å². The van der Waals surface area contributed by atoms with Gasteiger partial charge >= 0.3 is 0 Å². The number of likely N-dealkylation sites (tertiary alicyclic amines) is 1. The number of halogens is 1. The van der Waals surface area contributed by atoms with Gasteiger partial charge < -0.3 is 9.84 Å². The van der Waals surface area contributed by atoms with Crippen molar-refractivity contribution >= 4 is 5.91 Å². The molecule has 1 saturated heterocycles. The fraction of sp³-hybridized carbons (Fsp3) is 0.526. The summed E-state index contributed by atoms with van der Waals surface area (Å²) in [5.74, 6) is 0.896. The number of hydrogen-bond donors (Lipinski definition) is 1. The van der Waals surface area contributed by atoms with Crippen LogP contribution in [0.2, 0.25) is 0 Å². The molecule has 3 rings (SSSR count). The summed E-state index contributed by atoms with van der Waals surface area (Å²) in [6, 6.07) is 6.84. The maximum atomic E-state index is 13.3. The number of aromatic nitrogens is 2. The predicted octanol–water partition coefficient (Wildman–Crippen LogP) is 2.68. The predicted molar refractivity (Wildman–Crippen MR) is 94.9 cm³/mol. The highest BCUT2D eigenvalue weighted by Gasteiger charge is 2.24. The second-order valence-corrected chi connectivity index (χ2v) is 6.80. The number of hydrogen-bond acceptors (Lipinski definition) is 5. The van der Waals surface area contributed by atoms with Crippen LogP contribution in [0.15, 0.2) is 28.8 Å². The van der Waals surface area contributed by atoms with Crippen LogP contribution in [0.5, 0.6) is 0 Å². The molecular formula is C19H25FN4O2. The summed E-state index contributed by atoms with van der Waals surface area (Å²) in [7, 11) is 0. The molecule has 1 aromatic heterocycles. The first-order valence-electron chi connectivity index (χ1n) is 9.14. The second-order valence-electron chi connectivity index (χ2n) is 6.80. The van der Waals surface area contributed by atoms with Crippen LogP contribution in [0.4, 0.5) is 4.39 Å². The van der Waals surface area contributed by atoms with E-state index in [1.54, 1.807) is 6.07 Å². The molecule has 0 saturated carbocycles. The van der Waals surface area contributed by atoms with Crippen molar-refractivity contribution < 1.29 is 13.7 Å². The molecule has 2 heterocycles. The Kier molecular flexibility index (Phi) is 6.33. The van der Waals surface area contributed by atoms with Crippen molar-refractivity contribution in [1.82, 2.24) is 20.4 Å². The number of carbonyl (C=O) groups is 1. The van der Waals surface area contributed by atoms with Gasteiger partial charge in [-0.15, -0.1) is 0 Å². The molecule has 140 valence electrons. The van der Waals surface area contributed by atoms with E-state index >= 15 is 0 Å². The zero-order valence-corrected chi connectivity index (χ0v) is 15.1. The van der Waals surface area contributed by atoms with E-state index in [0.29, 0.717) is 37.3 Å². The van der Waals surface area contributed by atoms with Crippen molar-refractivity contribution in [3.8, 4) is 0 Å². The lowest BCUT2D eigenvalue weighted by atomic mass is 9.99. The van der Waals surface area contributed by atoms with Crippen LogP contribution in [0, 0.1) is 5.82 Å². The summed E-state index contributed by atoms with van der Waals surface area (Å²) in [5.41, 5.74) is 0.823. The number of nitrogens with zero attached hydrogens (tertiary/aromatic N) is 3. The Morgan fingerprint density at radius 1 is 1.42 bits per heavy atom. The Morgan fingerprint density at radius 2 is 2.31 bits per heavy atom. The van der Waals surface area contributed by atoms with Crippen LogP contribution in [-0.4, -0.2) is 40.1 Å². The third-order valence-electron chi connectivity index (χ3n) is 4.70. The molecule has 6 nitrogen and oxygen atoms in total. The molecule has 1 aromatic carbocycles. The van der Waals surface area contributed by atoms with Gasteiger partial charge in [0, 0.05) is 25.9 Å². The van der Waals surface area contributed by atoms with Gasteiger partial charge in [-0.2, -0.15) is 4.98 Å². The minimum absolute atomic E-state index is 0.00579. The molecule has 1 aliphatic rings. The van der Waals surface area contributed by atoms with Crippen molar-refractivity contribution in [2.75, 3.05) is 13.1 Å². The maximum absolute atomic E-state index is 13.3. The molecule has 1 atom stereocenters. The molecule has 1 fully saturated rings. The van der Waals surface area contributed by atoms with E-state index in [0.717, 1.165) is 31.4 Å². The van der Waals surface area contributed by atoms with Gasteiger partial charge in [-0.05, 0) is 43.5 Å². The quantitative estimate of drug-likeness (QED) is 0.822. The molecule has 7 heteroatoms. The summed E-state index contributed by atoms with van der Waals surface area (Å²) >= 11 is 0. The van der Waals surface area contributed by atoms with Crippen molar-refractivity contribution in [3.05, 3.63) is 47.4 Å². The van der Waals surface area contributed by atoms with Gasteiger partial charge in [0.25, 0.3) is 0 Å². The highest BCUT2D eigenvalue weighted by atomic mass is 19.1. The third-order valence-corrected chi connectivity index (χ3v) is 4.70. The Balaban J connectivity index is 1.57. The van der Waals surface area contributed by atoms with Crippen LogP contribution in [0.3, 0.4) is 0 Å². The molecule has 0 unspecified atom stereocenters. The van der Waals surface area contributed by atoms with Gasteiger partial charge in [0.15, 0.2) is 5.82 Å². The minimum Gasteiger partial charge on any atom is -0.356 e. The highest BCUT2D eigenvalue weighted by molar-refractivity contribution is 5.72. The maximum Gasteiger partial charge on any atom is 0.240 e. The van der Waals surface area contributed by atoms with Gasteiger partial charge in [0.1, 0.15) is 5.82 Å². The number of amides is 1. The molecule has 2 aromatic rings. The third kappa shape index (κ3) is 5.36.